The molecule has 0 aliphatic carbocycles. The average Bonchev–Trinajstić information content (AvgIpc) is 2.60. The lowest BCUT2D eigenvalue weighted by atomic mass is 10.2. The molecule has 4 rings (SSSR count). The predicted octanol–water partition coefficient (Wildman–Crippen LogP) is 2.47. The van der Waals surface area contributed by atoms with Gasteiger partial charge in [0.25, 0.3) is 11.1 Å². The molecular formula is C18H12N2O4. The van der Waals surface area contributed by atoms with Crippen molar-refractivity contribution in [1.29, 1.82) is 0 Å². The monoisotopic (exact) mass is 320 g/mol. The Balaban J connectivity index is 1.65. The Kier molecular flexibility index (Phi) is 3.42. The van der Waals surface area contributed by atoms with Crippen LogP contribution in [0.4, 0.5) is 0 Å². The van der Waals surface area contributed by atoms with Gasteiger partial charge in [-0.05, 0) is 24.3 Å². The SMILES string of the molecule is O=c1nc(CCc2nc(=O)c3ccccc3o2)oc2ccccc12. The van der Waals surface area contributed by atoms with Crippen LogP contribution in [0.2, 0.25) is 0 Å². The van der Waals surface area contributed by atoms with E-state index in [1.807, 2.05) is 0 Å². The van der Waals surface area contributed by atoms with Gasteiger partial charge in [-0.2, -0.15) is 9.97 Å². The van der Waals surface area contributed by atoms with Crippen molar-refractivity contribution in [2.24, 2.45) is 0 Å². The van der Waals surface area contributed by atoms with Gasteiger partial charge >= 0.3 is 0 Å². The lowest BCUT2D eigenvalue weighted by molar-refractivity contribution is 0.463. The van der Waals surface area contributed by atoms with Crippen LogP contribution in [0.1, 0.15) is 11.8 Å². The van der Waals surface area contributed by atoms with Crippen LogP contribution in [-0.4, -0.2) is 9.97 Å². The molecule has 0 spiro atoms. The van der Waals surface area contributed by atoms with Crippen LogP contribution in [0.5, 0.6) is 0 Å². The summed E-state index contributed by atoms with van der Waals surface area (Å²) in [6.45, 7) is 0. The van der Waals surface area contributed by atoms with E-state index in [1.165, 1.54) is 0 Å². The van der Waals surface area contributed by atoms with E-state index in [1.54, 1.807) is 48.5 Å². The zero-order valence-electron chi connectivity index (χ0n) is 12.6. The van der Waals surface area contributed by atoms with Crippen molar-refractivity contribution in [3.8, 4) is 0 Å². The summed E-state index contributed by atoms with van der Waals surface area (Å²) in [5.74, 6) is 0.576. The fourth-order valence-electron chi connectivity index (χ4n) is 2.54. The Labute approximate surface area is 135 Å². The number of nitrogens with zero attached hydrogens (tertiary/aromatic N) is 2. The van der Waals surface area contributed by atoms with Crippen molar-refractivity contribution in [2.75, 3.05) is 0 Å². The highest BCUT2D eigenvalue weighted by molar-refractivity contribution is 5.75. The Morgan fingerprint density at radius 3 is 1.54 bits per heavy atom. The highest BCUT2D eigenvalue weighted by Crippen LogP contribution is 2.13. The topological polar surface area (TPSA) is 86.2 Å². The van der Waals surface area contributed by atoms with Gasteiger partial charge in [0.1, 0.15) is 11.2 Å². The maximum absolute atomic E-state index is 12.0. The second-order valence-corrected chi connectivity index (χ2v) is 5.32. The van der Waals surface area contributed by atoms with E-state index >= 15 is 0 Å². The molecule has 6 heteroatoms. The van der Waals surface area contributed by atoms with Crippen molar-refractivity contribution in [3.63, 3.8) is 0 Å². The summed E-state index contributed by atoms with van der Waals surface area (Å²) in [6.07, 6.45) is 0.628. The van der Waals surface area contributed by atoms with E-state index in [2.05, 4.69) is 9.97 Å². The Morgan fingerprint density at radius 2 is 1.08 bits per heavy atom. The van der Waals surface area contributed by atoms with Crippen LogP contribution in [0.15, 0.2) is 67.0 Å². The summed E-state index contributed by atoms with van der Waals surface area (Å²) < 4.78 is 11.2. The molecule has 2 aromatic carbocycles. The molecule has 2 aromatic heterocycles. The van der Waals surface area contributed by atoms with Crippen LogP contribution in [0, 0.1) is 0 Å². The van der Waals surface area contributed by atoms with E-state index in [9.17, 15) is 9.59 Å². The van der Waals surface area contributed by atoms with Gasteiger partial charge in [0.05, 0.1) is 10.8 Å². The van der Waals surface area contributed by atoms with Gasteiger partial charge in [0.15, 0.2) is 11.8 Å². The summed E-state index contributed by atoms with van der Waals surface area (Å²) in [7, 11) is 0. The maximum Gasteiger partial charge on any atom is 0.283 e. The first-order chi connectivity index (χ1) is 11.7. The number of aryl methyl sites for hydroxylation is 2. The van der Waals surface area contributed by atoms with Crippen LogP contribution < -0.4 is 11.1 Å². The molecule has 2 heterocycles. The van der Waals surface area contributed by atoms with Crippen molar-refractivity contribution < 1.29 is 8.83 Å². The zero-order valence-corrected chi connectivity index (χ0v) is 12.6. The van der Waals surface area contributed by atoms with Gasteiger partial charge in [-0.3, -0.25) is 9.59 Å². The molecule has 118 valence electrons. The lowest BCUT2D eigenvalue weighted by Crippen LogP contribution is -2.12. The van der Waals surface area contributed by atoms with Crippen LogP contribution in [0.25, 0.3) is 21.9 Å². The Hall–Kier alpha value is -3.28. The minimum atomic E-state index is -0.334. The molecular weight excluding hydrogens is 308 g/mol. The van der Waals surface area contributed by atoms with Gasteiger partial charge in [0.2, 0.25) is 0 Å². The van der Waals surface area contributed by atoms with Crippen molar-refractivity contribution in [1.82, 2.24) is 9.97 Å². The zero-order chi connectivity index (χ0) is 16.5. The highest BCUT2D eigenvalue weighted by Gasteiger charge is 2.10. The van der Waals surface area contributed by atoms with Gasteiger partial charge < -0.3 is 8.83 Å². The molecule has 0 bridgehead atoms. The first-order valence-electron chi connectivity index (χ1n) is 7.48. The van der Waals surface area contributed by atoms with Gasteiger partial charge in [-0.25, -0.2) is 0 Å². The van der Waals surface area contributed by atoms with Crippen LogP contribution >= 0.6 is 0 Å². The number of fused-ring (bicyclic) bond motifs is 2. The summed E-state index contributed by atoms with van der Waals surface area (Å²) in [5, 5.41) is 0.883. The van der Waals surface area contributed by atoms with Gasteiger partial charge in [-0.1, -0.05) is 24.3 Å². The number of para-hydroxylation sites is 2. The normalized spacial score (nSPS) is 11.2. The standard InChI is InChI=1S/C18H12N2O4/c21-17-11-5-1-3-7-13(11)23-15(19-17)9-10-16-20-18(22)12-6-2-4-8-14(12)24-16/h1-8H,9-10H2. The van der Waals surface area contributed by atoms with E-state index in [0.29, 0.717) is 34.8 Å². The first kappa shape index (κ1) is 14.3. The minimum absolute atomic E-state index is 0.288. The van der Waals surface area contributed by atoms with E-state index in [-0.39, 0.29) is 22.9 Å². The predicted molar refractivity (Wildman–Crippen MR) is 88.0 cm³/mol. The van der Waals surface area contributed by atoms with Crippen molar-refractivity contribution in [3.05, 3.63) is 81.0 Å². The molecule has 0 saturated heterocycles. The molecule has 0 fully saturated rings. The number of hydrogen-bond donors (Lipinski definition) is 0. The maximum atomic E-state index is 12.0. The molecule has 0 amide bonds. The first-order valence-corrected chi connectivity index (χ1v) is 7.48. The number of hydrogen-bond acceptors (Lipinski definition) is 6. The molecule has 6 nitrogen and oxygen atoms in total. The van der Waals surface area contributed by atoms with Crippen LogP contribution in [0.3, 0.4) is 0 Å². The number of rotatable bonds is 3. The number of aromatic nitrogens is 2. The highest BCUT2D eigenvalue weighted by atomic mass is 16.4. The van der Waals surface area contributed by atoms with Crippen molar-refractivity contribution >= 4 is 21.9 Å². The average molecular weight is 320 g/mol. The Morgan fingerprint density at radius 1 is 0.667 bits per heavy atom. The van der Waals surface area contributed by atoms with Crippen molar-refractivity contribution in [2.45, 2.75) is 12.8 Å². The largest absolute Gasteiger partial charge is 0.442 e. The smallest absolute Gasteiger partial charge is 0.283 e. The summed E-state index contributed by atoms with van der Waals surface area (Å²) in [5.41, 5.74) is 0.306. The number of benzene rings is 2. The van der Waals surface area contributed by atoms with E-state index in [0.717, 1.165) is 0 Å². The van der Waals surface area contributed by atoms with Gasteiger partial charge in [-0.15, -0.1) is 0 Å². The molecule has 0 N–H and O–H groups in total. The molecule has 4 aromatic rings. The molecule has 0 radical (unpaired) electrons. The fourth-order valence-corrected chi connectivity index (χ4v) is 2.54. The Bertz CT molecular complexity index is 1070. The summed E-state index contributed by atoms with van der Waals surface area (Å²) in [4.78, 5) is 31.8. The van der Waals surface area contributed by atoms with Crippen LogP contribution in [-0.2, 0) is 12.8 Å². The molecule has 0 aliphatic heterocycles. The molecule has 0 saturated carbocycles. The van der Waals surface area contributed by atoms with E-state index in [4.69, 9.17) is 8.83 Å². The lowest BCUT2D eigenvalue weighted by Gasteiger charge is -2.02. The second-order valence-electron chi connectivity index (χ2n) is 5.32. The molecule has 0 atom stereocenters. The third-order valence-corrected chi connectivity index (χ3v) is 3.70. The molecule has 24 heavy (non-hydrogen) atoms. The molecule has 0 unspecified atom stereocenters. The second kappa shape index (κ2) is 5.73. The van der Waals surface area contributed by atoms with E-state index < -0.39 is 0 Å². The third-order valence-electron chi connectivity index (χ3n) is 3.70. The van der Waals surface area contributed by atoms with Gasteiger partial charge in [0, 0.05) is 12.8 Å². The summed E-state index contributed by atoms with van der Waals surface area (Å²) in [6, 6.07) is 13.9. The minimum Gasteiger partial charge on any atom is -0.442 e. The summed E-state index contributed by atoms with van der Waals surface area (Å²) >= 11 is 0. The molecule has 0 aliphatic rings. The fraction of sp³-hybridized carbons (Fsp3) is 0.111. The quantitative estimate of drug-likeness (QED) is 0.576. The third kappa shape index (κ3) is 2.58.